The molecule has 0 unspecified atom stereocenters. The van der Waals surface area contributed by atoms with Gasteiger partial charge in [-0.2, -0.15) is 5.10 Å². The summed E-state index contributed by atoms with van der Waals surface area (Å²) in [6.07, 6.45) is 5.19. The van der Waals surface area contributed by atoms with Crippen LogP contribution in [0, 0.1) is 20.8 Å². The van der Waals surface area contributed by atoms with Crippen LogP contribution in [0.5, 0.6) is 0 Å². The second-order valence-electron chi connectivity index (χ2n) is 9.12. The minimum Gasteiger partial charge on any atom is -0.374 e. The number of fused-ring (bicyclic) bond motifs is 3. The smallest absolute Gasteiger partial charge is 0.0679 e. The van der Waals surface area contributed by atoms with Crippen molar-refractivity contribution in [2.24, 2.45) is 14.1 Å². The summed E-state index contributed by atoms with van der Waals surface area (Å²) in [6.45, 7) is 7.54. The third-order valence-corrected chi connectivity index (χ3v) is 6.31. The quantitative estimate of drug-likeness (QED) is 0.252. The second-order valence-corrected chi connectivity index (χ2v) is 9.12. The fourth-order valence-corrected chi connectivity index (χ4v) is 4.38. The molecule has 5 aromatic rings. The molecule has 2 aromatic heterocycles. The van der Waals surface area contributed by atoms with Crippen LogP contribution in [0.3, 0.4) is 0 Å². The van der Waals surface area contributed by atoms with Crippen molar-refractivity contribution in [1.29, 1.82) is 0 Å². The van der Waals surface area contributed by atoms with Crippen molar-refractivity contribution in [3.63, 3.8) is 0 Å². The zero-order valence-corrected chi connectivity index (χ0v) is 20.6. The van der Waals surface area contributed by atoms with E-state index in [1.54, 1.807) is 0 Å². The summed E-state index contributed by atoms with van der Waals surface area (Å²) in [5.41, 5.74) is 9.39. The van der Waals surface area contributed by atoms with E-state index in [0.29, 0.717) is 0 Å². The molecule has 3 aromatic carbocycles. The van der Waals surface area contributed by atoms with E-state index in [4.69, 9.17) is 0 Å². The average molecular weight is 455 g/mol. The third-order valence-electron chi connectivity index (χ3n) is 6.31. The lowest BCUT2D eigenvalue weighted by molar-refractivity contribution is 0.797. The van der Waals surface area contributed by atoms with Crippen molar-refractivity contribution in [2.75, 3.05) is 18.5 Å². The van der Waals surface area contributed by atoms with E-state index in [-0.39, 0.29) is 7.43 Å². The van der Waals surface area contributed by atoms with Crippen molar-refractivity contribution in [2.45, 2.75) is 34.6 Å². The van der Waals surface area contributed by atoms with Crippen LogP contribution in [-0.2, 0) is 20.5 Å². The molecule has 6 rings (SSSR count). The summed E-state index contributed by atoms with van der Waals surface area (Å²) < 4.78 is 4.02. The van der Waals surface area contributed by atoms with E-state index in [0.717, 1.165) is 0 Å². The first-order chi connectivity index (χ1) is 15.8. The largest absolute Gasteiger partial charge is 0.374 e. The Balaban J connectivity index is 0.000000141. The van der Waals surface area contributed by atoms with Crippen LogP contribution >= 0.6 is 0 Å². The number of nitrogens with zero attached hydrogens (tertiary/aromatic N) is 4. The van der Waals surface area contributed by atoms with Crippen molar-refractivity contribution >= 4 is 27.5 Å². The molecule has 4 heteroatoms. The predicted molar refractivity (Wildman–Crippen MR) is 148 cm³/mol. The summed E-state index contributed by atoms with van der Waals surface area (Å²) in [6, 6.07) is 21.7. The van der Waals surface area contributed by atoms with Crippen LogP contribution in [0.1, 0.15) is 29.7 Å². The third kappa shape index (κ3) is 5.51. The van der Waals surface area contributed by atoms with E-state index in [9.17, 15) is 0 Å². The van der Waals surface area contributed by atoms with E-state index in [1.165, 1.54) is 62.7 Å². The van der Waals surface area contributed by atoms with Crippen molar-refractivity contribution in [3.8, 4) is 0 Å². The fraction of sp³-hybridized carbons (Fsp3) is 0.300. The Kier molecular flexibility index (Phi) is 7.83. The lowest BCUT2D eigenvalue weighted by atomic mass is 10.1. The number of rotatable bonds is 0. The molecule has 1 aliphatic heterocycles. The Morgan fingerprint density at radius 1 is 0.706 bits per heavy atom. The van der Waals surface area contributed by atoms with Crippen molar-refractivity contribution in [3.05, 3.63) is 95.3 Å². The van der Waals surface area contributed by atoms with Gasteiger partial charge in [-0.1, -0.05) is 48.4 Å². The first-order valence-electron chi connectivity index (χ1n) is 11.5. The van der Waals surface area contributed by atoms with Gasteiger partial charge in [-0.25, -0.2) is 0 Å². The summed E-state index contributed by atoms with van der Waals surface area (Å²) in [5, 5.41) is 6.70. The molecule has 1 aliphatic rings. The summed E-state index contributed by atoms with van der Waals surface area (Å²) in [5.74, 6) is 0. The van der Waals surface area contributed by atoms with Gasteiger partial charge in [-0.15, -0.1) is 0 Å². The maximum absolute atomic E-state index is 4.15. The summed E-state index contributed by atoms with van der Waals surface area (Å²) >= 11 is 0. The highest BCUT2D eigenvalue weighted by molar-refractivity contribution is 5.80. The molecular formula is C30H38N4. The maximum atomic E-state index is 4.15. The van der Waals surface area contributed by atoms with Gasteiger partial charge in [0, 0.05) is 50.5 Å². The number of aromatic nitrogens is 3. The van der Waals surface area contributed by atoms with E-state index in [2.05, 4.69) is 116 Å². The molecule has 3 heterocycles. The van der Waals surface area contributed by atoms with Gasteiger partial charge in [-0.3, -0.25) is 4.68 Å². The Morgan fingerprint density at radius 3 is 2.06 bits per heavy atom. The zero-order valence-electron chi connectivity index (χ0n) is 20.6. The molecule has 0 saturated heterocycles. The van der Waals surface area contributed by atoms with Crippen LogP contribution in [0.2, 0.25) is 0 Å². The van der Waals surface area contributed by atoms with E-state index >= 15 is 0 Å². The van der Waals surface area contributed by atoms with E-state index < -0.39 is 0 Å². The van der Waals surface area contributed by atoms with Crippen molar-refractivity contribution < 1.29 is 0 Å². The molecule has 178 valence electrons. The summed E-state index contributed by atoms with van der Waals surface area (Å²) in [7, 11) is 6.18. The standard InChI is InChI=1S/C10H13N.C10H11N.C9H10N2.CH4/c2*1-8-3-4-10-9(7-8)5-6-11(10)2;1-7-3-4-9-8(5-7)6-10-11(9)2;/h3-4,7H,5-6H2,1-2H3;3-7H,1-2H3;3-6H,1-2H3;1H4. The highest BCUT2D eigenvalue weighted by Crippen LogP contribution is 2.26. The average Bonchev–Trinajstić information content (AvgIpc) is 3.46. The van der Waals surface area contributed by atoms with Gasteiger partial charge in [0.1, 0.15) is 0 Å². The Labute approximate surface area is 204 Å². The van der Waals surface area contributed by atoms with Gasteiger partial charge >= 0.3 is 0 Å². The second kappa shape index (κ2) is 10.6. The minimum atomic E-state index is 0. The number of aryl methyl sites for hydroxylation is 5. The number of anilines is 1. The number of hydrogen-bond donors (Lipinski definition) is 0. The number of likely N-dealkylation sites (N-methyl/N-ethyl adjacent to an activating group) is 1. The van der Waals surface area contributed by atoms with Gasteiger partial charge in [0.25, 0.3) is 0 Å². The predicted octanol–water partition coefficient (Wildman–Crippen LogP) is 6.99. The molecule has 0 radical (unpaired) electrons. The van der Waals surface area contributed by atoms with Crippen molar-refractivity contribution in [1.82, 2.24) is 14.3 Å². The van der Waals surface area contributed by atoms with Gasteiger partial charge in [-0.05, 0) is 74.5 Å². The highest BCUT2D eigenvalue weighted by atomic mass is 15.2. The van der Waals surface area contributed by atoms with Gasteiger partial charge in [0.2, 0.25) is 0 Å². The summed E-state index contributed by atoms with van der Waals surface area (Å²) in [4.78, 5) is 2.31. The molecule has 0 fully saturated rings. The van der Waals surface area contributed by atoms with Gasteiger partial charge in [0.05, 0.1) is 11.7 Å². The normalized spacial score (nSPS) is 11.9. The molecule has 0 N–H and O–H groups in total. The fourth-order valence-electron chi connectivity index (χ4n) is 4.38. The monoisotopic (exact) mass is 454 g/mol. The Hall–Kier alpha value is -3.53. The highest BCUT2D eigenvalue weighted by Gasteiger charge is 2.14. The van der Waals surface area contributed by atoms with Crippen LogP contribution in [-0.4, -0.2) is 27.9 Å². The molecule has 0 spiro atoms. The lowest BCUT2D eigenvalue weighted by Crippen LogP contribution is -2.12. The Morgan fingerprint density at radius 2 is 1.32 bits per heavy atom. The first-order valence-corrected chi connectivity index (χ1v) is 11.5. The minimum absolute atomic E-state index is 0. The zero-order chi connectivity index (χ0) is 23.5. The van der Waals surface area contributed by atoms with Gasteiger partial charge in [0.15, 0.2) is 0 Å². The first kappa shape index (κ1) is 25.1. The molecule has 4 nitrogen and oxygen atoms in total. The number of benzene rings is 3. The van der Waals surface area contributed by atoms with Crippen LogP contribution in [0.25, 0.3) is 21.8 Å². The number of hydrogen-bond acceptors (Lipinski definition) is 2. The topological polar surface area (TPSA) is 26.0 Å². The molecule has 0 atom stereocenters. The lowest BCUT2D eigenvalue weighted by Gasteiger charge is -2.11. The molecule has 0 amide bonds. The molecule has 0 bridgehead atoms. The van der Waals surface area contributed by atoms with Crippen LogP contribution in [0.15, 0.2) is 73.1 Å². The van der Waals surface area contributed by atoms with Gasteiger partial charge < -0.3 is 9.47 Å². The van der Waals surface area contributed by atoms with Crippen LogP contribution in [0.4, 0.5) is 5.69 Å². The van der Waals surface area contributed by atoms with E-state index in [1.807, 2.05) is 17.9 Å². The SMILES string of the molecule is C.Cc1ccc2c(c1)CCN2C.Cc1ccc2c(ccn2C)c1.Cc1ccc2c(cnn2C)c1. The Bertz CT molecular complexity index is 1310. The molecule has 0 aliphatic carbocycles. The molecular weight excluding hydrogens is 416 g/mol. The molecule has 0 saturated carbocycles. The maximum Gasteiger partial charge on any atom is 0.0679 e. The van der Waals surface area contributed by atoms with Crippen LogP contribution < -0.4 is 4.90 Å². The molecule has 34 heavy (non-hydrogen) atoms.